The molecule has 1 saturated carbocycles. The number of hydrogen-bond donors (Lipinski definition) is 2. The van der Waals surface area contributed by atoms with Crippen LogP contribution in [0, 0.1) is 5.41 Å². The Morgan fingerprint density at radius 1 is 1.37 bits per heavy atom. The second-order valence-corrected chi connectivity index (χ2v) is 5.82. The lowest BCUT2D eigenvalue weighted by Crippen LogP contribution is -2.33. The third-order valence-electron chi connectivity index (χ3n) is 3.99. The van der Waals surface area contributed by atoms with Crippen LogP contribution in [0.1, 0.15) is 55.1 Å². The van der Waals surface area contributed by atoms with Crippen LogP contribution in [0.4, 0.5) is 0 Å². The normalized spacial score (nSPS) is 18.2. The minimum absolute atomic E-state index is 0.239. The first-order chi connectivity index (χ1) is 9.09. The standard InChI is InChI=1S/C15H22N2O2/c1-15(7-3-2-4-8-15)11-16-10-13-6-5-12(9-17-13)14(18)19/h5-6,9,16H,2-4,7-8,10-11H2,1H3,(H,18,19). The fourth-order valence-corrected chi connectivity index (χ4v) is 2.73. The molecule has 0 amide bonds. The van der Waals surface area contributed by atoms with E-state index in [1.807, 2.05) is 0 Å². The minimum Gasteiger partial charge on any atom is -0.478 e. The maximum Gasteiger partial charge on any atom is 0.337 e. The SMILES string of the molecule is CC1(CNCc2ccc(C(=O)O)cn2)CCCCC1. The molecular formula is C15H22N2O2. The molecule has 0 saturated heterocycles. The van der Waals surface area contributed by atoms with E-state index in [0.717, 1.165) is 12.2 Å². The fourth-order valence-electron chi connectivity index (χ4n) is 2.73. The van der Waals surface area contributed by atoms with Crippen molar-refractivity contribution in [3.8, 4) is 0 Å². The van der Waals surface area contributed by atoms with Crippen molar-refractivity contribution in [2.24, 2.45) is 5.41 Å². The van der Waals surface area contributed by atoms with Crippen molar-refractivity contribution in [1.82, 2.24) is 10.3 Å². The maximum absolute atomic E-state index is 10.7. The Morgan fingerprint density at radius 2 is 2.11 bits per heavy atom. The lowest BCUT2D eigenvalue weighted by molar-refractivity contribution is 0.0696. The predicted molar refractivity (Wildman–Crippen MR) is 74.1 cm³/mol. The molecule has 1 aromatic heterocycles. The average Bonchev–Trinajstić information content (AvgIpc) is 2.40. The number of carbonyl (C=O) groups is 1. The van der Waals surface area contributed by atoms with E-state index in [0.29, 0.717) is 12.0 Å². The molecule has 1 aromatic rings. The van der Waals surface area contributed by atoms with E-state index >= 15 is 0 Å². The fraction of sp³-hybridized carbons (Fsp3) is 0.600. The van der Waals surface area contributed by atoms with Gasteiger partial charge in [-0.15, -0.1) is 0 Å². The number of aromatic nitrogens is 1. The molecule has 0 unspecified atom stereocenters. The van der Waals surface area contributed by atoms with Gasteiger partial charge in [-0.3, -0.25) is 4.98 Å². The van der Waals surface area contributed by atoms with E-state index in [-0.39, 0.29) is 5.56 Å². The van der Waals surface area contributed by atoms with E-state index in [1.165, 1.54) is 38.3 Å². The molecule has 1 aliphatic rings. The van der Waals surface area contributed by atoms with Crippen molar-refractivity contribution < 1.29 is 9.90 Å². The van der Waals surface area contributed by atoms with Gasteiger partial charge in [-0.05, 0) is 30.4 Å². The van der Waals surface area contributed by atoms with Crippen LogP contribution in [0.5, 0.6) is 0 Å². The largest absolute Gasteiger partial charge is 0.478 e. The maximum atomic E-state index is 10.7. The molecule has 104 valence electrons. The summed E-state index contributed by atoms with van der Waals surface area (Å²) in [6.45, 7) is 4.06. The van der Waals surface area contributed by atoms with Crippen molar-refractivity contribution in [1.29, 1.82) is 0 Å². The number of pyridine rings is 1. The van der Waals surface area contributed by atoms with Crippen LogP contribution in [0.2, 0.25) is 0 Å². The Hall–Kier alpha value is -1.42. The lowest BCUT2D eigenvalue weighted by atomic mass is 9.76. The van der Waals surface area contributed by atoms with E-state index in [4.69, 9.17) is 5.11 Å². The molecule has 1 heterocycles. The number of carboxylic acids is 1. The van der Waals surface area contributed by atoms with Crippen molar-refractivity contribution in [2.75, 3.05) is 6.54 Å². The Labute approximate surface area is 114 Å². The van der Waals surface area contributed by atoms with Crippen LogP contribution in [-0.2, 0) is 6.54 Å². The van der Waals surface area contributed by atoms with Crippen LogP contribution >= 0.6 is 0 Å². The Kier molecular flexibility index (Phi) is 4.53. The summed E-state index contributed by atoms with van der Waals surface area (Å²) in [6.07, 6.45) is 8.06. The molecule has 19 heavy (non-hydrogen) atoms. The van der Waals surface area contributed by atoms with Crippen LogP contribution in [-0.4, -0.2) is 22.6 Å². The summed E-state index contributed by atoms with van der Waals surface area (Å²) in [4.78, 5) is 14.9. The highest BCUT2D eigenvalue weighted by atomic mass is 16.4. The van der Waals surface area contributed by atoms with Gasteiger partial charge in [0, 0.05) is 19.3 Å². The van der Waals surface area contributed by atoms with E-state index < -0.39 is 5.97 Å². The summed E-state index contributed by atoms with van der Waals surface area (Å²) in [5, 5.41) is 12.3. The molecule has 4 nitrogen and oxygen atoms in total. The number of nitrogens with zero attached hydrogens (tertiary/aromatic N) is 1. The number of nitrogens with one attached hydrogen (secondary N) is 1. The minimum atomic E-state index is -0.929. The van der Waals surface area contributed by atoms with Crippen molar-refractivity contribution >= 4 is 5.97 Å². The van der Waals surface area contributed by atoms with E-state index in [9.17, 15) is 4.79 Å². The summed E-state index contributed by atoms with van der Waals surface area (Å²) >= 11 is 0. The van der Waals surface area contributed by atoms with Gasteiger partial charge in [-0.25, -0.2) is 4.79 Å². The first kappa shape index (κ1) is 14.0. The monoisotopic (exact) mass is 262 g/mol. The molecule has 2 N–H and O–H groups in total. The molecule has 0 bridgehead atoms. The van der Waals surface area contributed by atoms with Crippen LogP contribution < -0.4 is 5.32 Å². The van der Waals surface area contributed by atoms with Gasteiger partial charge in [0.05, 0.1) is 11.3 Å². The predicted octanol–water partition coefficient (Wildman–Crippen LogP) is 2.84. The number of rotatable bonds is 5. The van der Waals surface area contributed by atoms with Crippen LogP contribution in [0.25, 0.3) is 0 Å². The summed E-state index contributed by atoms with van der Waals surface area (Å²) in [5.74, 6) is -0.929. The Bertz CT molecular complexity index is 422. The van der Waals surface area contributed by atoms with Crippen LogP contribution in [0.3, 0.4) is 0 Å². The zero-order valence-electron chi connectivity index (χ0n) is 11.5. The first-order valence-electron chi connectivity index (χ1n) is 6.98. The molecule has 0 aliphatic heterocycles. The quantitative estimate of drug-likeness (QED) is 0.856. The molecule has 1 fully saturated rings. The number of aromatic carboxylic acids is 1. The highest BCUT2D eigenvalue weighted by molar-refractivity contribution is 5.87. The first-order valence-corrected chi connectivity index (χ1v) is 6.98. The van der Waals surface area contributed by atoms with E-state index in [1.54, 1.807) is 12.1 Å². The molecule has 0 spiro atoms. The van der Waals surface area contributed by atoms with Gasteiger partial charge in [0.25, 0.3) is 0 Å². The van der Waals surface area contributed by atoms with Crippen molar-refractivity contribution in [2.45, 2.75) is 45.6 Å². The summed E-state index contributed by atoms with van der Waals surface area (Å²) in [5.41, 5.74) is 1.55. The van der Waals surface area contributed by atoms with Crippen molar-refractivity contribution in [3.63, 3.8) is 0 Å². The molecule has 0 atom stereocenters. The van der Waals surface area contributed by atoms with Gasteiger partial charge in [0.2, 0.25) is 0 Å². The molecule has 0 radical (unpaired) electrons. The van der Waals surface area contributed by atoms with Crippen molar-refractivity contribution in [3.05, 3.63) is 29.6 Å². The van der Waals surface area contributed by atoms with Gasteiger partial charge in [0.1, 0.15) is 0 Å². The van der Waals surface area contributed by atoms with Gasteiger partial charge in [-0.1, -0.05) is 26.2 Å². The molecular weight excluding hydrogens is 240 g/mol. The lowest BCUT2D eigenvalue weighted by Gasteiger charge is -2.33. The van der Waals surface area contributed by atoms with Crippen LogP contribution in [0.15, 0.2) is 18.3 Å². The third kappa shape index (κ3) is 4.03. The second kappa shape index (κ2) is 6.15. The zero-order valence-corrected chi connectivity index (χ0v) is 11.5. The molecule has 1 aliphatic carbocycles. The number of carboxylic acid groups (broad SMARTS) is 1. The second-order valence-electron chi connectivity index (χ2n) is 5.82. The number of hydrogen-bond acceptors (Lipinski definition) is 3. The van der Waals surface area contributed by atoms with Gasteiger partial charge in [0.15, 0.2) is 0 Å². The average molecular weight is 262 g/mol. The summed E-state index contributed by atoms with van der Waals surface area (Å²) < 4.78 is 0. The van der Waals surface area contributed by atoms with Gasteiger partial charge >= 0.3 is 5.97 Å². The third-order valence-corrected chi connectivity index (χ3v) is 3.99. The van der Waals surface area contributed by atoms with E-state index in [2.05, 4.69) is 17.2 Å². The van der Waals surface area contributed by atoms with Gasteiger partial charge < -0.3 is 10.4 Å². The molecule has 0 aromatic carbocycles. The zero-order chi connectivity index (χ0) is 13.7. The smallest absolute Gasteiger partial charge is 0.337 e. The molecule has 4 heteroatoms. The Balaban J connectivity index is 1.80. The van der Waals surface area contributed by atoms with Gasteiger partial charge in [-0.2, -0.15) is 0 Å². The summed E-state index contributed by atoms with van der Waals surface area (Å²) in [7, 11) is 0. The highest BCUT2D eigenvalue weighted by Gasteiger charge is 2.25. The highest BCUT2D eigenvalue weighted by Crippen LogP contribution is 2.34. The molecule has 2 rings (SSSR count). The Morgan fingerprint density at radius 3 is 2.68 bits per heavy atom. The summed E-state index contributed by atoms with van der Waals surface area (Å²) in [6, 6.07) is 3.38. The topological polar surface area (TPSA) is 62.2 Å².